The van der Waals surface area contributed by atoms with Gasteiger partial charge in [-0.3, -0.25) is 19.7 Å². The minimum atomic E-state index is -4.47. The van der Waals surface area contributed by atoms with E-state index in [4.69, 9.17) is 9.47 Å². The van der Waals surface area contributed by atoms with Gasteiger partial charge in [0.15, 0.2) is 0 Å². The number of halogens is 12. The van der Waals surface area contributed by atoms with E-state index in [1.54, 1.807) is 54.4 Å². The van der Waals surface area contributed by atoms with Crippen molar-refractivity contribution in [2.24, 2.45) is 23.7 Å². The van der Waals surface area contributed by atoms with E-state index in [0.29, 0.717) is 65.8 Å². The van der Waals surface area contributed by atoms with E-state index in [0.717, 1.165) is 68.5 Å². The number of ether oxygens (including phenoxy) is 2. The summed E-state index contributed by atoms with van der Waals surface area (Å²) in [7, 11) is 3.63. The predicted octanol–water partition coefficient (Wildman–Crippen LogP) is 17.6. The average molecular weight is 1400 g/mol. The number of esters is 1. The molecular weight excluding hydrogens is 1310 g/mol. The van der Waals surface area contributed by atoms with Crippen molar-refractivity contribution in [2.45, 2.75) is 145 Å². The van der Waals surface area contributed by atoms with E-state index in [1.165, 1.54) is 30.7 Å². The second-order valence-corrected chi connectivity index (χ2v) is 24.2. The second kappa shape index (κ2) is 32.6. The van der Waals surface area contributed by atoms with Gasteiger partial charge in [-0.25, -0.2) is 4.79 Å². The fourth-order valence-corrected chi connectivity index (χ4v) is 11.5. The Labute approximate surface area is 539 Å². The maximum Gasteiger partial charge on any atom is 0.418 e. The number of anilines is 3. The maximum absolute atomic E-state index is 13.4. The Morgan fingerprint density at radius 2 is 0.898 bits per heavy atom. The lowest BCUT2D eigenvalue weighted by Gasteiger charge is -2.42. The van der Waals surface area contributed by atoms with Crippen LogP contribution in [0.3, 0.4) is 0 Å². The van der Waals surface area contributed by atoms with E-state index in [2.05, 4.69) is 73.4 Å². The normalized spacial score (nSPS) is 19.7. The SMILES string of the molecule is C.C.CI.CN[C@@H]1C[C@H](C)CN(c2ccc(C(F)(F)F)c3ncccc23)C1.C[C@H]1C[C@@H](CC(=O)OC(C)(C)C)CN(c2ccc(C(F)(F)F)c3ncccc23)C1.C[C@H]1C[C@@H](N(C)C(=O)OC(C)(C)C)CN(c2ccc(C(F)(F)F)c3ncccc23)C1.Cl.Cl. The molecule has 0 aliphatic carbocycles. The fraction of sp³-hybridized carbons (Fsp3) is 0.547. The molecule has 3 saturated heterocycles. The van der Waals surface area contributed by atoms with Crippen molar-refractivity contribution in [3.05, 3.63) is 108 Å². The average Bonchev–Trinajstić information content (AvgIpc) is 1.80. The molecule has 6 atom stereocenters. The number of nitrogens with one attached hydrogen (secondary N) is 1. The van der Waals surface area contributed by atoms with Crippen molar-refractivity contribution in [1.29, 1.82) is 0 Å². The molecule has 12 nitrogen and oxygen atoms in total. The first-order valence-electron chi connectivity index (χ1n) is 28.0. The van der Waals surface area contributed by atoms with Crippen LogP contribution in [0.4, 0.5) is 61.4 Å². The Bertz CT molecular complexity index is 3200. The van der Waals surface area contributed by atoms with Gasteiger partial charge in [-0.05, 0) is 169 Å². The summed E-state index contributed by atoms with van der Waals surface area (Å²) in [6, 6.07) is 18.2. The lowest BCUT2D eigenvalue weighted by atomic mass is 9.87. The standard InChI is InChI=1S/C22H28F3N3O2.C22H27F3N2O2.C17H20F3N3.CH3I.2CH4.2ClH/c1-14-11-15(27(5)20(29)30-21(2,3)4)13-28(12-14)18-9-8-17(22(23,24)25)19-16(18)7-6-10-26-19;1-14-10-15(11-19(28)29-21(2,3)4)13-27(12-14)18-8-7-17(22(23,24)25)20-16(18)6-5-9-26-20;1-11-8-12(21-2)10-23(9-11)15-6-5-14(17(18,19)20)16-13(15)4-3-7-22-16;1-2;;;;/h6-10,14-15H,11-13H2,1-5H3;5-9,14-15H,10-13H2,1-4H3;3-7,11-12,21H,8-10H2,1-2H3;1H3;2*1H4;2*1H/t14-,15+;14-,15-;11-,12+;;;;;/m000...../s1. The van der Waals surface area contributed by atoms with Crippen LogP contribution in [0.15, 0.2) is 91.4 Å². The predicted molar refractivity (Wildman–Crippen MR) is 351 cm³/mol. The molecule has 24 heteroatoms. The first-order valence-corrected chi connectivity index (χ1v) is 30.2. The summed E-state index contributed by atoms with van der Waals surface area (Å²) >= 11 is 2.15. The molecule has 1 amide bonds. The van der Waals surface area contributed by atoms with Crippen LogP contribution in [0.2, 0.25) is 0 Å². The molecule has 0 saturated carbocycles. The first kappa shape index (κ1) is 78.8. The first-order chi connectivity index (χ1) is 39.2. The number of rotatable bonds is 7. The van der Waals surface area contributed by atoms with Crippen LogP contribution in [-0.4, -0.2) is 113 Å². The summed E-state index contributed by atoms with van der Waals surface area (Å²) in [5.74, 6) is 0.890. The fourth-order valence-electron chi connectivity index (χ4n) is 11.5. The van der Waals surface area contributed by atoms with Gasteiger partial charge in [0.05, 0.1) is 45.7 Å². The zero-order chi connectivity index (χ0) is 62.3. The lowest BCUT2D eigenvalue weighted by molar-refractivity contribution is -0.156. The van der Waals surface area contributed by atoms with Crippen molar-refractivity contribution in [1.82, 2.24) is 25.2 Å². The van der Waals surface area contributed by atoms with Crippen molar-refractivity contribution in [3.63, 3.8) is 0 Å². The van der Waals surface area contributed by atoms with Gasteiger partial charge in [-0.2, -0.15) is 39.5 Å². The topological polar surface area (TPSA) is 116 Å². The molecule has 6 heterocycles. The Morgan fingerprint density at radius 3 is 1.26 bits per heavy atom. The highest BCUT2D eigenvalue weighted by molar-refractivity contribution is 14.1. The monoisotopic (exact) mass is 1400 g/mol. The zero-order valence-corrected chi connectivity index (χ0v) is 54.3. The number of piperidine rings is 3. The molecule has 0 radical (unpaired) electrons. The summed E-state index contributed by atoms with van der Waals surface area (Å²) in [5, 5.41) is 4.78. The van der Waals surface area contributed by atoms with Gasteiger partial charge in [0.1, 0.15) is 11.2 Å². The minimum absolute atomic E-state index is 0. The molecule has 1 N–H and O–H groups in total. The number of likely N-dealkylation sites (N-methyl/N-ethyl adjacent to an activating group) is 2. The highest BCUT2D eigenvalue weighted by Crippen LogP contribution is 2.42. The molecule has 0 unspecified atom stereocenters. The molecule has 9 rings (SSSR count). The van der Waals surface area contributed by atoms with Gasteiger partial charge < -0.3 is 34.4 Å². The number of hydrogen-bond acceptors (Lipinski definition) is 11. The zero-order valence-electron chi connectivity index (χ0n) is 50.6. The Kier molecular flexibility index (Phi) is 29.2. The van der Waals surface area contributed by atoms with E-state index >= 15 is 0 Å². The Balaban J connectivity index is 0.000000437. The Morgan fingerprint density at radius 1 is 0.545 bits per heavy atom. The van der Waals surface area contributed by atoms with E-state index < -0.39 is 52.5 Å². The van der Waals surface area contributed by atoms with Crippen molar-refractivity contribution < 1.29 is 58.6 Å². The molecule has 3 aliphatic rings. The van der Waals surface area contributed by atoms with Gasteiger partial charge in [0.2, 0.25) is 0 Å². The number of amides is 1. The summed E-state index contributed by atoms with van der Waals surface area (Å²) in [6.07, 6.45) is -6.51. The number of carbonyl (C=O) groups excluding carboxylic acids is 2. The van der Waals surface area contributed by atoms with Crippen LogP contribution in [-0.2, 0) is 32.8 Å². The molecule has 492 valence electrons. The van der Waals surface area contributed by atoms with Crippen LogP contribution in [0.1, 0.15) is 120 Å². The van der Waals surface area contributed by atoms with E-state index in [9.17, 15) is 49.1 Å². The van der Waals surface area contributed by atoms with Crippen LogP contribution < -0.4 is 20.0 Å². The third kappa shape index (κ3) is 20.9. The number of nitrogens with zero attached hydrogens (tertiary/aromatic N) is 7. The summed E-state index contributed by atoms with van der Waals surface area (Å²) in [6.45, 7) is 21.4. The molecule has 3 aromatic heterocycles. The molecule has 88 heavy (non-hydrogen) atoms. The van der Waals surface area contributed by atoms with Crippen LogP contribution in [0.5, 0.6) is 0 Å². The number of alkyl halides is 10. The molecule has 0 spiro atoms. The third-order valence-electron chi connectivity index (χ3n) is 14.7. The molecule has 6 aromatic rings. The summed E-state index contributed by atoms with van der Waals surface area (Å²) in [4.78, 5) is 46.7. The molecule has 3 aromatic carbocycles. The van der Waals surface area contributed by atoms with Gasteiger partial charge in [-0.1, -0.05) is 58.2 Å². The molecule has 0 bridgehead atoms. The van der Waals surface area contributed by atoms with Gasteiger partial charge in [-0.15, -0.1) is 24.8 Å². The lowest BCUT2D eigenvalue weighted by Crippen LogP contribution is -2.52. The molecule has 3 aliphatic heterocycles. The highest BCUT2D eigenvalue weighted by Gasteiger charge is 2.39. The van der Waals surface area contributed by atoms with Crippen LogP contribution >= 0.6 is 47.4 Å². The van der Waals surface area contributed by atoms with Crippen molar-refractivity contribution in [2.75, 3.05) is 73.0 Å². The number of hydrogen-bond donors (Lipinski definition) is 1. The Hall–Kier alpha value is -5.33. The smallest absolute Gasteiger partial charge is 0.418 e. The van der Waals surface area contributed by atoms with Crippen molar-refractivity contribution in [3.8, 4) is 0 Å². The maximum atomic E-state index is 13.4. The van der Waals surface area contributed by atoms with Gasteiger partial charge in [0.25, 0.3) is 0 Å². The van der Waals surface area contributed by atoms with Crippen molar-refractivity contribution >= 4 is 109 Å². The number of benzene rings is 3. The highest BCUT2D eigenvalue weighted by atomic mass is 127. The van der Waals surface area contributed by atoms with Crippen LogP contribution in [0, 0.1) is 23.7 Å². The van der Waals surface area contributed by atoms with Crippen LogP contribution in [0.25, 0.3) is 32.7 Å². The number of fused-ring (bicyclic) bond motifs is 3. The van der Waals surface area contributed by atoms with Gasteiger partial charge in [0, 0.05) is 104 Å². The summed E-state index contributed by atoms with van der Waals surface area (Å²) in [5.41, 5.74) is -1.11. The van der Waals surface area contributed by atoms with Gasteiger partial charge >= 0.3 is 30.6 Å². The largest absolute Gasteiger partial charge is 0.460 e. The third-order valence-corrected chi connectivity index (χ3v) is 14.7. The molecular formula is C64H88Cl2F9IN8O4. The summed E-state index contributed by atoms with van der Waals surface area (Å²) < 4.78 is 131. The quantitative estimate of drug-likeness (QED) is 0.0713. The molecule has 3 fully saturated rings. The number of pyridine rings is 3. The van der Waals surface area contributed by atoms with E-state index in [-0.39, 0.29) is 80.1 Å². The van der Waals surface area contributed by atoms with E-state index in [1.807, 2.05) is 58.4 Å². The number of carbonyl (C=O) groups is 2. The second-order valence-electron chi connectivity index (χ2n) is 24.2. The minimum Gasteiger partial charge on any atom is -0.460 e. The number of aromatic nitrogens is 3.